The molecule has 0 radical (unpaired) electrons. The van der Waals surface area contributed by atoms with Crippen molar-refractivity contribution in [1.82, 2.24) is 0 Å². The zero-order valence-corrected chi connectivity index (χ0v) is 17.8. The summed E-state index contributed by atoms with van der Waals surface area (Å²) in [6.07, 6.45) is 0. The molecule has 0 heterocycles. The molecule has 3 aromatic carbocycles. The highest BCUT2D eigenvalue weighted by molar-refractivity contribution is 6.20. The second kappa shape index (κ2) is 9.62. The molecule has 0 N–H and O–H groups in total. The van der Waals surface area contributed by atoms with Gasteiger partial charge in [0.15, 0.2) is 11.6 Å². The van der Waals surface area contributed by atoms with Gasteiger partial charge in [0.25, 0.3) is 0 Å². The number of halogens is 4. The molecule has 0 unspecified atom stereocenters. The second-order valence-electron chi connectivity index (χ2n) is 7.63. The van der Waals surface area contributed by atoms with Crippen LogP contribution in [0.1, 0.15) is 25.0 Å². The molecule has 0 aliphatic carbocycles. The van der Waals surface area contributed by atoms with E-state index in [0.29, 0.717) is 12.4 Å². The van der Waals surface area contributed by atoms with Gasteiger partial charge in [0.1, 0.15) is 11.5 Å². The fourth-order valence-electron chi connectivity index (χ4n) is 2.95. The van der Waals surface area contributed by atoms with Crippen LogP contribution in [0.3, 0.4) is 0 Å². The van der Waals surface area contributed by atoms with Gasteiger partial charge in [-0.1, -0.05) is 50.2 Å². The molecule has 0 atom stereocenters. The molecule has 0 aliphatic rings. The Morgan fingerprint density at radius 3 is 2.19 bits per heavy atom. The van der Waals surface area contributed by atoms with Gasteiger partial charge < -0.3 is 14.2 Å². The van der Waals surface area contributed by atoms with Crippen molar-refractivity contribution in [3.63, 3.8) is 0 Å². The molecule has 0 aliphatic heterocycles. The first-order valence-corrected chi connectivity index (χ1v) is 9.95. The largest absolute Gasteiger partial charge is 0.487 e. The number of hydrogen-bond acceptors (Lipinski definition) is 3. The van der Waals surface area contributed by atoms with Gasteiger partial charge in [-0.2, -0.15) is 0 Å². The zero-order valence-electron chi connectivity index (χ0n) is 17.1. The molecular formula is C24H22ClF3O3. The normalized spacial score (nSPS) is 11.9. The van der Waals surface area contributed by atoms with Crippen LogP contribution in [0.25, 0.3) is 0 Å². The summed E-state index contributed by atoms with van der Waals surface area (Å²) in [6.45, 7) is 4.54. The summed E-state index contributed by atoms with van der Waals surface area (Å²) in [5.74, 6) is 0.175. The molecule has 3 rings (SSSR count). The highest BCUT2D eigenvalue weighted by Gasteiger charge is 2.28. The van der Waals surface area contributed by atoms with Gasteiger partial charge >= 0.3 is 5.57 Å². The molecule has 3 nitrogen and oxygen atoms in total. The Morgan fingerprint density at radius 2 is 1.55 bits per heavy atom. The van der Waals surface area contributed by atoms with Gasteiger partial charge in [-0.15, -0.1) is 8.78 Å². The third-order valence-corrected chi connectivity index (χ3v) is 4.64. The first kappa shape index (κ1) is 23.0. The van der Waals surface area contributed by atoms with Crippen molar-refractivity contribution in [2.75, 3.05) is 6.61 Å². The molecule has 0 bridgehead atoms. The number of ether oxygens (including phenoxy) is 3. The summed E-state index contributed by atoms with van der Waals surface area (Å²) >= 11 is 4.78. The standard InChI is InChI=1S/C24H22ClF3O3/c1-23(2,18-9-11-20(12-10-18)31-24(25,27)28)16-29-15-17-8-13-21(26)22(14-17)30-19-6-4-3-5-7-19/h3-14H,15-16H2,1-2H3. The molecule has 31 heavy (non-hydrogen) atoms. The summed E-state index contributed by atoms with van der Waals surface area (Å²) in [5, 5.41) is 0. The van der Waals surface area contributed by atoms with E-state index in [1.165, 1.54) is 18.2 Å². The van der Waals surface area contributed by atoms with Gasteiger partial charge in [-0.05, 0) is 47.5 Å². The van der Waals surface area contributed by atoms with E-state index in [4.69, 9.17) is 21.1 Å². The average molecular weight is 451 g/mol. The van der Waals surface area contributed by atoms with Crippen molar-refractivity contribution in [3.05, 3.63) is 89.7 Å². The Labute approximate surface area is 184 Å². The fourth-order valence-corrected chi connectivity index (χ4v) is 3.04. The van der Waals surface area contributed by atoms with Crippen molar-refractivity contribution in [1.29, 1.82) is 0 Å². The van der Waals surface area contributed by atoms with Crippen LogP contribution in [0.4, 0.5) is 13.2 Å². The molecule has 0 amide bonds. The summed E-state index contributed by atoms with van der Waals surface area (Å²) in [4.78, 5) is 0. The van der Waals surface area contributed by atoms with Crippen molar-refractivity contribution in [3.8, 4) is 17.2 Å². The summed E-state index contributed by atoms with van der Waals surface area (Å²) in [6, 6.07) is 19.8. The molecule has 7 heteroatoms. The van der Waals surface area contributed by atoms with E-state index in [2.05, 4.69) is 4.74 Å². The lowest BCUT2D eigenvalue weighted by molar-refractivity contribution is -0.0964. The van der Waals surface area contributed by atoms with Gasteiger partial charge in [0, 0.05) is 17.0 Å². The van der Waals surface area contributed by atoms with Gasteiger partial charge in [-0.3, -0.25) is 0 Å². The van der Waals surface area contributed by atoms with Crippen LogP contribution in [-0.4, -0.2) is 12.2 Å². The molecule has 0 fully saturated rings. The Bertz CT molecular complexity index is 987. The lowest BCUT2D eigenvalue weighted by Crippen LogP contribution is -2.24. The molecule has 164 valence electrons. The Hall–Kier alpha value is -2.70. The van der Waals surface area contributed by atoms with E-state index >= 15 is 0 Å². The molecule has 0 saturated heterocycles. The van der Waals surface area contributed by atoms with E-state index in [0.717, 1.165) is 11.1 Å². The minimum Gasteiger partial charge on any atom is -0.454 e. The lowest BCUT2D eigenvalue weighted by Gasteiger charge is -2.25. The SMILES string of the molecule is CC(C)(COCc1ccc(F)c(Oc2ccccc2)c1)c1ccc(OC(F)(F)Cl)cc1. The summed E-state index contributed by atoms with van der Waals surface area (Å²) in [7, 11) is 0. The van der Waals surface area contributed by atoms with Crippen LogP contribution in [-0.2, 0) is 16.8 Å². The smallest absolute Gasteiger partial charge is 0.454 e. The molecule has 0 saturated carbocycles. The number of rotatable bonds is 9. The zero-order chi connectivity index (χ0) is 22.5. The highest BCUT2D eigenvalue weighted by Crippen LogP contribution is 2.30. The number of benzene rings is 3. The minimum atomic E-state index is -3.75. The van der Waals surface area contributed by atoms with Gasteiger partial charge in [0.2, 0.25) is 0 Å². The maximum Gasteiger partial charge on any atom is 0.487 e. The van der Waals surface area contributed by atoms with Crippen LogP contribution < -0.4 is 9.47 Å². The van der Waals surface area contributed by atoms with Gasteiger partial charge in [-0.25, -0.2) is 4.39 Å². The van der Waals surface area contributed by atoms with E-state index in [1.807, 2.05) is 32.0 Å². The van der Waals surface area contributed by atoms with E-state index < -0.39 is 16.8 Å². The quantitative estimate of drug-likeness (QED) is 0.320. The topological polar surface area (TPSA) is 27.7 Å². The highest BCUT2D eigenvalue weighted by atomic mass is 35.5. The molecule has 0 spiro atoms. The molecule has 0 aromatic heterocycles. The molecular weight excluding hydrogens is 429 g/mol. The van der Waals surface area contributed by atoms with E-state index in [9.17, 15) is 13.2 Å². The maximum atomic E-state index is 14.1. The summed E-state index contributed by atoms with van der Waals surface area (Å²) < 4.78 is 55.3. The van der Waals surface area contributed by atoms with Crippen molar-refractivity contribution < 1.29 is 27.4 Å². The van der Waals surface area contributed by atoms with Crippen molar-refractivity contribution in [2.24, 2.45) is 0 Å². The third-order valence-electron chi connectivity index (χ3n) is 4.57. The van der Waals surface area contributed by atoms with E-state index in [-0.39, 0.29) is 18.1 Å². The molecule has 3 aromatic rings. The average Bonchev–Trinajstić information content (AvgIpc) is 2.70. The first-order valence-electron chi connectivity index (χ1n) is 9.58. The van der Waals surface area contributed by atoms with Gasteiger partial charge in [0.05, 0.1) is 13.2 Å². The Morgan fingerprint density at radius 1 is 0.871 bits per heavy atom. The van der Waals surface area contributed by atoms with Crippen molar-refractivity contribution in [2.45, 2.75) is 31.4 Å². The van der Waals surface area contributed by atoms with Crippen LogP contribution in [0.5, 0.6) is 17.2 Å². The lowest BCUT2D eigenvalue weighted by atomic mass is 9.85. The van der Waals surface area contributed by atoms with Crippen LogP contribution in [0.15, 0.2) is 72.8 Å². The Balaban J connectivity index is 1.59. The second-order valence-corrected chi connectivity index (χ2v) is 8.07. The van der Waals surface area contributed by atoms with Crippen LogP contribution in [0, 0.1) is 5.82 Å². The summed E-state index contributed by atoms with van der Waals surface area (Å²) in [5.41, 5.74) is -2.51. The van der Waals surface area contributed by atoms with Crippen molar-refractivity contribution >= 4 is 11.6 Å². The van der Waals surface area contributed by atoms with Crippen LogP contribution >= 0.6 is 11.6 Å². The predicted molar refractivity (Wildman–Crippen MR) is 113 cm³/mol. The predicted octanol–water partition coefficient (Wildman–Crippen LogP) is 7.28. The Kier molecular flexibility index (Phi) is 7.13. The number of hydrogen-bond donors (Lipinski definition) is 0. The third kappa shape index (κ3) is 6.91. The minimum absolute atomic E-state index is 0.0299. The maximum absolute atomic E-state index is 14.1. The number of para-hydroxylation sites is 1. The monoisotopic (exact) mass is 450 g/mol. The fraction of sp³-hybridized carbons (Fsp3) is 0.250. The number of alkyl halides is 3. The van der Waals surface area contributed by atoms with Crippen LogP contribution in [0.2, 0.25) is 0 Å². The van der Waals surface area contributed by atoms with E-state index in [1.54, 1.807) is 36.4 Å². The first-order chi connectivity index (χ1) is 14.6.